The Hall–Kier alpha value is 0.270. The molecule has 0 bridgehead atoms. The van der Waals surface area contributed by atoms with Crippen molar-refractivity contribution >= 4 is 11.8 Å². The third kappa shape index (κ3) is 2.51. The van der Waals surface area contributed by atoms with Gasteiger partial charge in [-0.05, 0) is 39.2 Å². The SMILES string of the molecule is CNC1CCC(SC2CCOC2C)C1C. The van der Waals surface area contributed by atoms with Crippen LogP contribution in [0.5, 0.6) is 0 Å². The molecule has 2 fully saturated rings. The number of ether oxygens (including phenoxy) is 1. The van der Waals surface area contributed by atoms with Crippen LogP contribution in [0.3, 0.4) is 0 Å². The molecule has 3 heteroatoms. The molecule has 1 aliphatic heterocycles. The second-order valence-electron chi connectivity index (χ2n) is 4.91. The molecule has 0 aromatic heterocycles. The molecule has 15 heavy (non-hydrogen) atoms. The summed E-state index contributed by atoms with van der Waals surface area (Å²) in [5, 5.41) is 5.02. The zero-order valence-electron chi connectivity index (χ0n) is 10.0. The quantitative estimate of drug-likeness (QED) is 0.802. The van der Waals surface area contributed by atoms with Crippen LogP contribution in [0.4, 0.5) is 0 Å². The van der Waals surface area contributed by atoms with Gasteiger partial charge in [0.2, 0.25) is 0 Å². The van der Waals surface area contributed by atoms with E-state index in [0.717, 1.165) is 29.1 Å². The van der Waals surface area contributed by atoms with Crippen molar-refractivity contribution in [3.05, 3.63) is 0 Å². The van der Waals surface area contributed by atoms with Crippen molar-refractivity contribution in [2.45, 2.75) is 55.8 Å². The highest BCUT2D eigenvalue weighted by Crippen LogP contribution is 2.40. The topological polar surface area (TPSA) is 21.3 Å². The van der Waals surface area contributed by atoms with Crippen LogP contribution in [0.15, 0.2) is 0 Å². The van der Waals surface area contributed by atoms with Gasteiger partial charge in [-0.25, -0.2) is 0 Å². The first-order chi connectivity index (χ1) is 7.22. The predicted octanol–water partition coefficient (Wildman–Crippen LogP) is 2.28. The smallest absolute Gasteiger partial charge is 0.0666 e. The lowest BCUT2D eigenvalue weighted by molar-refractivity contribution is 0.127. The normalized spacial score (nSPS) is 46.2. The van der Waals surface area contributed by atoms with Crippen LogP contribution in [0.1, 0.15) is 33.1 Å². The van der Waals surface area contributed by atoms with Crippen molar-refractivity contribution in [3.8, 4) is 0 Å². The van der Waals surface area contributed by atoms with E-state index in [1.54, 1.807) is 0 Å². The molecule has 1 N–H and O–H groups in total. The van der Waals surface area contributed by atoms with E-state index in [2.05, 4.69) is 38.0 Å². The Balaban J connectivity index is 1.85. The highest BCUT2D eigenvalue weighted by Gasteiger charge is 2.36. The van der Waals surface area contributed by atoms with Crippen molar-refractivity contribution in [1.29, 1.82) is 0 Å². The zero-order chi connectivity index (χ0) is 10.8. The van der Waals surface area contributed by atoms with E-state index in [9.17, 15) is 0 Å². The monoisotopic (exact) mass is 229 g/mol. The molecule has 2 aliphatic rings. The summed E-state index contributed by atoms with van der Waals surface area (Å²) in [6.45, 7) is 5.58. The molecule has 0 spiro atoms. The van der Waals surface area contributed by atoms with Crippen LogP contribution in [-0.4, -0.2) is 36.3 Å². The second kappa shape index (κ2) is 5.07. The first kappa shape index (κ1) is 11.7. The third-order valence-electron chi connectivity index (χ3n) is 4.01. The first-order valence-corrected chi connectivity index (χ1v) is 7.11. The minimum Gasteiger partial charge on any atom is -0.377 e. The standard InChI is InChI=1S/C12H23NOS/c1-8-10(13-3)4-5-11(8)15-12-6-7-14-9(12)2/h8-13H,4-7H2,1-3H3. The van der Waals surface area contributed by atoms with Crippen molar-refractivity contribution in [3.63, 3.8) is 0 Å². The molecular weight excluding hydrogens is 206 g/mol. The van der Waals surface area contributed by atoms with Crippen LogP contribution < -0.4 is 5.32 Å². The largest absolute Gasteiger partial charge is 0.377 e. The maximum absolute atomic E-state index is 5.63. The molecule has 0 amide bonds. The van der Waals surface area contributed by atoms with Gasteiger partial charge in [-0.3, -0.25) is 0 Å². The van der Waals surface area contributed by atoms with E-state index < -0.39 is 0 Å². The lowest BCUT2D eigenvalue weighted by Gasteiger charge is -2.24. The molecule has 1 aliphatic carbocycles. The Morgan fingerprint density at radius 3 is 2.47 bits per heavy atom. The van der Waals surface area contributed by atoms with Crippen LogP contribution in [0.2, 0.25) is 0 Å². The maximum Gasteiger partial charge on any atom is 0.0666 e. The summed E-state index contributed by atoms with van der Waals surface area (Å²) >= 11 is 2.19. The Morgan fingerprint density at radius 2 is 1.93 bits per heavy atom. The van der Waals surface area contributed by atoms with E-state index in [1.165, 1.54) is 19.3 Å². The van der Waals surface area contributed by atoms with Gasteiger partial charge in [-0.2, -0.15) is 11.8 Å². The molecule has 0 aromatic rings. The molecule has 0 aromatic carbocycles. The highest BCUT2D eigenvalue weighted by atomic mass is 32.2. The molecule has 5 atom stereocenters. The summed E-state index contributed by atoms with van der Waals surface area (Å²) in [4.78, 5) is 0. The fourth-order valence-corrected chi connectivity index (χ4v) is 4.53. The third-order valence-corrected chi connectivity index (χ3v) is 5.99. The molecule has 1 heterocycles. The Bertz CT molecular complexity index is 212. The Labute approximate surface area is 97.5 Å². The molecule has 88 valence electrons. The van der Waals surface area contributed by atoms with Gasteiger partial charge in [-0.15, -0.1) is 0 Å². The maximum atomic E-state index is 5.63. The number of rotatable bonds is 3. The number of thioether (sulfide) groups is 1. The van der Waals surface area contributed by atoms with Crippen molar-refractivity contribution in [1.82, 2.24) is 5.32 Å². The second-order valence-corrected chi connectivity index (χ2v) is 6.39. The predicted molar refractivity (Wildman–Crippen MR) is 66.4 cm³/mol. The Kier molecular flexibility index (Phi) is 3.97. The lowest BCUT2D eigenvalue weighted by atomic mass is 10.1. The van der Waals surface area contributed by atoms with Gasteiger partial charge < -0.3 is 10.1 Å². The summed E-state index contributed by atoms with van der Waals surface area (Å²) in [6, 6.07) is 0.736. The summed E-state index contributed by atoms with van der Waals surface area (Å²) in [7, 11) is 2.09. The van der Waals surface area contributed by atoms with E-state index in [4.69, 9.17) is 4.74 Å². The number of hydrogen-bond acceptors (Lipinski definition) is 3. The fraction of sp³-hybridized carbons (Fsp3) is 1.00. The average molecular weight is 229 g/mol. The Morgan fingerprint density at radius 1 is 1.13 bits per heavy atom. The lowest BCUT2D eigenvalue weighted by Crippen LogP contribution is -2.31. The van der Waals surface area contributed by atoms with E-state index in [1.807, 2.05) is 0 Å². The summed E-state index contributed by atoms with van der Waals surface area (Å²) in [5.41, 5.74) is 0. The average Bonchev–Trinajstić information content (AvgIpc) is 2.77. The van der Waals surface area contributed by atoms with Gasteiger partial charge in [-0.1, -0.05) is 6.92 Å². The van der Waals surface area contributed by atoms with Gasteiger partial charge in [0.25, 0.3) is 0 Å². The molecule has 1 saturated heterocycles. The fourth-order valence-electron chi connectivity index (χ4n) is 2.84. The van der Waals surface area contributed by atoms with Crippen molar-refractivity contribution < 1.29 is 4.74 Å². The van der Waals surface area contributed by atoms with E-state index in [-0.39, 0.29) is 0 Å². The van der Waals surface area contributed by atoms with Gasteiger partial charge in [0.05, 0.1) is 6.10 Å². The number of hydrogen-bond donors (Lipinski definition) is 1. The molecule has 0 radical (unpaired) electrons. The summed E-state index contributed by atoms with van der Waals surface area (Å²) < 4.78 is 5.63. The molecule has 2 nitrogen and oxygen atoms in total. The van der Waals surface area contributed by atoms with Gasteiger partial charge in [0, 0.05) is 23.1 Å². The first-order valence-electron chi connectivity index (χ1n) is 6.16. The minimum absolute atomic E-state index is 0.468. The van der Waals surface area contributed by atoms with Gasteiger partial charge in [0.1, 0.15) is 0 Å². The van der Waals surface area contributed by atoms with Crippen molar-refractivity contribution in [2.24, 2.45) is 5.92 Å². The van der Waals surface area contributed by atoms with Gasteiger partial charge in [0.15, 0.2) is 0 Å². The molecule has 2 rings (SSSR count). The molecule has 5 unspecified atom stereocenters. The van der Waals surface area contributed by atoms with Crippen LogP contribution in [-0.2, 0) is 4.74 Å². The minimum atomic E-state index is 0.468. The zero-order valence-corrected chi connectivity index (χ0v) is 10.8. The van der Waals surface area contributed by atoms with Crippen LogP contribution in [0, 0.1) is 5.92 Å². The van der Waals surface area contributed by atoms with Crippen LogP contribution >= 0.6 is 11.8 Å². The van der Waals surface area contributed by atoms with E-state index in [0.29, 0.717) is 6.10 Å². The van der Waals surface area contributed by atoms with Crippen molar-refractivity contribution in [2.75, 3.05) is 13.7 Å². The molecular formula is C12H23NOS. The summed E-state index contributed by atoms with van der Waals surface area (Å²) in [5.74, 6) is 0.813. The number of nitrogens with one attached hydrogen (secondary N) is 1. The molecule has 1 saturated carbocycles. The summed E-state index contributed by atoms with van der Waals surface area (Å²) in [6.07, 6.45) is 4.44. The van der Waals surface area contributed by atoms with E-state index >= 15 is 0 Å². The van der Waals surface area contributed by atoms with Crippen LogP contribution in [0.25, 0.3) is 0 Å². The van der Waals surface area contributed by atoms with Gasteiger partial charge >= 0.3 is 0 Å². The highest BCUT2D eigenvalue weighted by molar-refractivity contribution is 8.00.